The van der Waals surface area contributed by atoms with Crippen molar-refractivity contribution in [1.29, 1.82) is 0 Å². The van der Waals surface area contributed by atoms with Crippen LogP contribution < -0.4 is 5.56 Å². The van der Waals surface area contributed by atoms with Gasteiger partial charge in [0.2, 0.25) is 0 Å². The summed E-state index contributed by atoms with van der Waals surface area (Å²) in [6.45, 7) is 1.80. The summed E-state index contributed by atoms with van der Waals surface area (Å²) in [5.41, 5.74) is 2.48. The Hall–Kier alpha value is -3.46. The van der Waals surface area contributed by atoms with E-state index in [1.54, 1.807) is 12.3 Å². The lowest BCUT2D eigenvalue weighted by molar-refractivity contribution is -0.137. The molecule has 176 valence electrons. The highest BCUT2D eigenvalue weighted by Crippen LogP contribution is 2.34. The van der Waals surface area contributed by atoms with E-state index in [2.05, 4.69) is 16.1 Å². The average molecular weight is 470 g/mol. The average Bonchev–Trinajstić information content (AvgIpc) is 3.10. The standard InChI is InChI=1S/C25H22F4N4O/c1-31-15-21(17-13-32(14-17)9-7-26)20-4-3-19(11-23(20)31)33-8-6-16(10-24(33)34)22-5-2-18(12-30-22)25(27,28)29/h2-6,8,10-12,15,17H,7,9,13-14H2,1H3. The summed E-state index contributed by atoms with van der Waals surface area (Å²) in [7, 11) is 1.95. The Morgan fingerprint density at radius 2 is 1.88 bits per heavy atom. The first-order valence-electron chi connectivity index (χ1n) is 10.9. The number of aryl methyl sites for hydroxylation is 1. The summed E-state index contributed by atoms with van der Waals surface area (Å²) in [4.78, 5) is 18.8. The number of aromatic nitrogens is 3. The van der Waals surface area contributed by atoms with Crippen LogP contribution in [-0.4, -0.2) is 45.3 Å². The van der Waals surface area contributed by atoms with Crippen molar-refractivity contribution >= 4 is 10.9 Å². The van der Waals surface area contributed by atoms with Crippen molar-refractivity contribution in [3.8, 4) is 16.9 Å². The lowest BCUT2D eigenvalue weighted by Gasteiger charge is -2.38. The fraction of sp³-hybridized carbons (Fsp3) is 0.280. The second-order valence-electron chi connectivity index (χ2n) is 8.60. The number of fused-ring (bicyclic) bond motifs is 1. The normalized spacial score (nSPS) is 15.1. The second kappa shape index (κ2) is 8.39. The molecule has 0 aliphatic carbocycles. The SMILES string of the molecule is Cn1cc(C2CN(CCF)C2)c2ccc(-n3ccc(-c4ccc(C(F)(F)F)cn4)cc3=O)cc21. The van der Waals surface area contributed by atoms with Crippen LogP contribution >= 0.6 is 0 Å². The van der Waals surface area contributed by atoms with Crippen molar-refractivity contribution in [2.75, 3.05) is 26.3 Å². The third-order valence-electron chi connectivity index (χ3n) is 6.39. The van der Waals surface area contributed by atoms with Crippen LogP contribution in [0.1, 0.15) is 17.0 Å². The number of pyridine rings is 2. The number of nitrogens with zero attached hydrogens (tertiary/aromatic N) is 4. The molecule has 1 aromatic carbocycles. The van der Waals surface area contributed by atoms with Crippen molar-refractivity contribution in [2.24, 2.45) is 7.05 Å². The minimum Gasteiger partial charge on any atom is -0.350 e. The molecule has 0 radical (unpaired) electrons. The Kier molecular flexibility index (Phi) is 5.51. The molecule has 1 fully saturated rings. The molecule has 0 atom stereocenters. The molecule has 5 nitrogen and oxygen atoms in total. The topological polar surface area (TPSA) is 43.1 Å². The molecule has 3 aromatic heterocycles. The van der Waals surface area contributed by atoms with E-state index < -0.39 is 11.7 Å². The van der Waals surface area contributed by atoms with Crippen LogP contribution in [0.4, 0.5) is 17.6 Å². The number of hydrogen-bond donors (Lipinski definition) is 0. The zero-order valence-electron chi connectivity index (χ0n) is 18.4. The Labute approximate surface area is 192 Å². The monoisotopic (exact) mass is 470 g/mol. The second-order valence-corrected chi connectivity index (χ2v) is 8.60. The van der Waals surface area contributed by atoms with Crippen molar-refractivity contribution in [2.45, 2.75) is 12.1 Å². The fourth-order valence-corrected chi connectivity index (χ4v) is 4.53. The van der Waals surface area contributed by atoms with Crippen LogP contribution in [0.25, 0.3) is 27.8 Å². The summed E-state index contributed by atoms with van der Waals surface area (Å²) in [6.07, 6.45) is -0.00562. The van der Waals surface area contributed by atoms with E-state index in [1.165, 1.54) is 22.3 Å². The smallest absolute Gasteiger partial charge is 0.350 e. The van der Waals surface area contributed by atoms with E-state index in [0.29, 0.717) is 29.4 Å². The van der Waals surface area contributed by atoms with Gasteiger partial charge in [-0.15, -0.1) is 0 Å². The molecular formula is C25H22F4N4O. The maximum Gasteiger partial charge on any atom is 0.417 e. The summed E-state index contributed by atoms with van der Waals surface area (Å²) < 4.78 is 54.4. The maximum absolute atomic E-state index is 12.8. The van der Waals surface area contributed by atoms with Gasteiger partial charge in [-0.3, -0.25) is 19.2 Å². The number of halogens is 4. The number of alkyl halides is 4. The molecule has 0 saturated carbocycles. The minimum atomic E-state index is -4.46. The maximum atomic E-state index is 12.8. The molecule has 4 aromatic rings. The molecule has 0 bridgehead atoms. The van der Waals surface area contributed by atoms with Gasteiger partial charge in [0.25, 0.3) is 5.56 Å². The molecule has 1 aliphatic rings. The van der Waals surface area contributed by atoms with Gasteiger partial charge >= 0.3 is 6.18 Å². The first-order valence-corrected chi connectivity index (χ1v) is 10.9. The van der Waals surface area contributed by atoms with Crippen LogP contribution in [0.2, 0.25) is 0 Å². The fourth-order valence-electron chi connectivity index (χ4n) is 4.53. The van der Waals surface area contributed by atoms with Crippen molar-refractivity contribution in [3.05, 3.63) is 82.5 Å². The Morgan fingerprint density at radius 3 is 2.53 bits per heavy atom. The molecule has 4 heterocycles. The first-order chi connectivity index (χ1) is 16.2. The van der Waals surface area contributed by atoms with E-state index in [4.69, 9.17) is 0 Å². The van der Waals surface area contributed by atoms with Crippen LogP contribution in [0, 0.1) is 0 Å². The number of likely N-dealkylation sites (tertiary alicyclic amines) is 1. The van der Waals surface area contributed by atoms with Gasteiger partial charge in [-0.05, 0) is 35.9 Å². The Bertz CT molecular complexity index is 1400. The third kappa shape index (κ3) is 4.00. The highest BCUT2D eigenvalue weighted by molar-refractivity contribution is 5.86. The number of rotatable bonds is 5. The molecular weight excluding hydrogens is 448 g/mol. The van der Waals surface area contributed by atoms with Gasteiger partial charge in [0.1, 0.15) is 6.67 Å². The van der Waals surface area contributed by atoms with Crippen LogP contribution in [0.15, 0.2) is 65.8 Å². The van der Waals surface area contributed by atoms with Gasteiger partial charge in [0.05, 0.1) is 22.5 Å². The Balaban J connectivity index is 1.43. The van der Waals surface area contributed by atoms with Gasteiger partial charge in [0, 0.05) is 68.2 Å². The predicted octanol–water partition coefficient (Wildman–Crippen LogP) is 4.78. The molecule has 0 N–H and O–H groups in total. The van der Waals surface area contributed by atoms with E-state index >= 15 is 0 Å². The molecule has 1 aliphatic heterocycles. The highest BCUT2D eigenvalue weighted by atomic mass is 19.4. The van der Waals surface area contributed by atoms with Gasteiger partial charge in [-0.25, -0.2) is 4.39 Å². The van der Waals surface area contributed by atoms with E-state index in [0.717, 1.165) is 36.3 Å². The van der Waals surface area contributed by atoms with Gasteiger partial charge < -0.3 is 4.57 Å². The highest BCUT2D eigenvalue weighted by Gasteiger charge is 2.31. The molecule has 1 saturated heterocycles. The van der Waals surface area contributed by atoms with Gasteiger partial charge in [0.15, 0.2) is 0 Å². The van der Waals surface area contributed by atoms with E-state index in [1.807, 2.05) is 29.8 Å². The lowest BCUT2D eigenvalue weighted by Crippen LogP contribution is -2.45. The summed E-state index contributed by atoms with van der Waals surface area (Å²) in [5, 5.41) is 1.11. The molecule has 9 heteroatoms. The van der Waals surface area contributed by atoms with E-state index in [9.17, 15) is 22.4 Å². The van der Waals surface area contributed by atoms with Crippen LogP contribution in [0.5, 0.6) is 0 Å². The third-order valence-corrected chi connectivity index (χ3v) is 6.39. The Morgan fingerprint density at radius 1 is 1.09 bits per heavy atom. The minimum absolute atomic E-state index is 0.294. The summed E-state index contributed by atoms with van der Waals surface area (Å²) >= 11 is 0. The number of benzene rings is 1. The van der Waals surface area contributed by atoms with Gasteiger partial charge in [-0.1, -0.05) is 6.07 Å². The summed E-state index contributed by atoms with van der Waals surface area (Å²) in [5.74, 6) is 0.361. The first kappa shape index (κ1) is 22.3. The zero-order valence-corrected chi connectivity index (χ0v) is 18.4. The quantitative estimate of drug-likeness (QED) is 0.395. The molecule has 0 unspecified atom stereocenters. The van der Waals surface area contributed by atoms with Crippen LogP contribution in [-0.2, 0) is 13.2 Å². The molecule has 34 heavy (non-hydrogen) atoms. The largest absolute Gasteiger partial charge is 0.417 e. The van der Waals surface area contributed by atoms with E-state index in [-0.39, 0.29) is 12.2 Å². The molecule has 5 rings (SSSR count). The van der Waals surface area contributed by atoms with Crippen molar-refractivity contribution < 1.29 is 17.6 Å². The molecule has 0 spiro atoms. The number of hydrogen-bond acceptors (Lipinski definition) is 3. The lowest BCUT2D eigenvalue weighted by atomic mass is 9.91. The van der Waals surface area contributed by atoms with Gasteiger partial charge in [-0.2, -0.15) is 13.2 Å². The van der Waals surface area contributed by atoms with Crippen molar-refractivity contribution in [1.82, 2.24) is 19.0 Å². The predicted molar refractivity (Wildman–Crippen MR) is 122 cm³/mol. The zero-order chi connectivity index (χ0) is 24.0. The van der Waals surface area contributed by atoms with Crippen molar-refractivity contribution in [3.63, 3.8) is 0 Å². The van der Waals surface area contributed by atoms with Crippen LogP contribution in [0.3, 0.4) is 0 Å². The molecule has 0 amide bonds. The summed E-state index contributed by atoms with van der Waals surface area (Å²) in [6, 6.07) is 11.0.